The molecule has 0 aromatic rings. The molecule has 11 heavy (non-hydrogen) atoms. The van der Waals surface area contributed by atoms with Gasteiger partial charge in [0.05, 0.1) is 0 Å². The molecule has 0 radical (unpaired) electrons. The van der Waals surface area contributed by atoms with Gasteiger partial charge in [-0.05, 0) is 24.2 Å². The predicted octanol–water partition coefficient (Wildman–Crippen LogP) is 2.50. The first-order chi connectivity index (χ1) is 5.11. The second-order valence-corrected chi connectivity index (χ2v) is 4.77. The summed E-state index contributed by atoms with van der Waals surface area (Å²) in [7, 11) is 2.42. The quantitative estimate of drug-likeness (QED) is 0.506. The maximum atomic E-state index is 2.42. The van der Waals surface area contributed by atoms with Crippen molar-refractivity contribution < 1.29 is 0 Å². The minimum atomic E-state index is 0.907. The van der Waals surface area contributed by atoms with Gasteiger partial charge in [-0.3, -0.25) is 0 Å². The molecular formula is C10H21B. The van der Waals surface area contributed by atoms with E-state index in [-0.39, 0.29) is 0 Å². The van der Waals surface area contributed by atoms with Gasteiger partial charge in [0, 0.05) is 0 Å². The Morgan fingerprint density at radius 3 is 2.36 bits per heavy atom. The molecule has 0 saturated heterocycles. The normalized spacial score (nSPS) is 39.5. The van der Waals surface area contributed by atoms with Gasteiger partial charge < -0.3 is 0 Å². The third-order valence-corrected chi connectivity index (χ3v) is 3.58. The van der Waals surface area contributed by atoms with E-state index in [1.165, 1.54) is 19.3 Å². The molecule has 1 rings (SSSR count). The van der Waals surface area contributed by atoms with Crippen LogP contribution in [-0.2, 0) is 0 Å². The molecule has 0 bridgehead atoms. The maximum Gasteiger partial charge on any atom is 0.105 e. The zero-order valence-electron chi connectivity index (χ0n) is 8.43. The molecule has 1 aliphatic rings. The summed E-state index contributed by atoms with van der Waals surface area (Å²) >= 11 is 0. The van der Waals surface area contributed by atoms with Crippen molar-refractivity contribution in [3.8, 4) is 0 Å². The molecule has 0 amide bonds. The molecule has 2 unspecified atom stereocenters. The molecule has 0 nitrogen and oxygen atoms in total. The monoisotopic (exact) mass is 152 g/mol. The predicted molar refractivity (Wildman–Crippen MR) is 53.6 cm³/mol. The lowest BCUT2D eigenvalue weighted by Crippen LogP contribution is -2.22. The van der Waals surface area contributed by atoms with Crippen LogP contribution in [-0.4, -0.2) is 7.85 Å². The van der Waals surface area contributed by atoms with E-state index in [2.05, 4.69) is 28.6 Å². The summed E-state index contributed by atoms with van der Waals surface area (Å²) in [5.41, 5.74) is 0. The SMILES string of the molecule is BC1CC(C(C)C)CC[C@@H]1C. The molecule has 0 aromatic carbocycles. The molecule has 64 valence electrons. The van der Waals surface area contributed by atoms with Crippen LogP contribution in [0.2, 0.25) is 5.82 Å². The van der Waals surface area contributed by atoms with Gasteiger partial charge in [-0.1, -0.05) is 39.4 Å². The fourth-order valence-electron chi connectivity index (χ4n) is 2.19. The Bertz CT molecular complexity index is 120. The molecule has 0 aromatic heterocycles. The van der Waals surface area contributed by atoms with Gasteiger partial charge in [0.2, 0.25) is 0 Å². The molecule has 3 atom stereocenters. The van der Waals surface area contributed by atoms with E-state index in [1.54, 1.807) is 0 Å². The standard InChI is InChI=1S/C10H21B/c1-7(2)9-5-4-8(3)10(11)6-9/h7-10H,4-6,11H2,1-3H3/t8-,9?,10?/m0/s1. The number of hydrogen-bond donors (Lipinski definition) is 0. The summed E-state index contributed by atoms with van der Waals surface area (Å²) in [5, 5.41) is 0. The summed E-state index contributed by atoms with van der Waals surface area (Å²) < 4.78 is 0. The van der Waals surface area contributed by atoms with Gasteiger partial charge in [0.25, 0.3) is 0 Å². The molecule has 0 heterocycles. The van der Waals surface area contributed by atoms with E-state index in [0.29, 0.717) is 0 Å². The Kier molecular flexibility index (Phi) is 3.03. The molecular weight excluding hydrogens is 131 g/mol. The fourth-order valence-corrected chi connectivity index (χ4v) is 2.19. The number of rotatable bonds is 1. The van der Waals surface area contributed by atoms with Crippen molar-refractivity contribution in [2.75, 3.05) is 0 Å². The van der Waals surface area contributed by atoms with E-state index >= 15 is 0 Å². The highest BCUT2D eigenvalue weighted by molar-refractivity contribution is 6.11. The van der Waals surface area contributed by atoms with Crippen molar-refractivity contribution in [1.29, 1.82) is 0 Å². The van der Waals surface area contributed by atoms with Crippen LogP contribution < -0.4 is 0 Å². The van der Waals surface area contributed by atoms with E-state index in [4.69, 9.17) is 0 Å². The smallest absolute Gasteiger partial charge is 0.0669 e. The average molecular weight is 152 g/mol. The summed E-state index contributed by atoms with van der Waals surface area (Å²) in [6.07, 6.45) is 4.41. The van der Waals surface area contributed by atoms with Crippen LogP contribution in [0.4, 0.5) is 0 Å². The number of hydrogen-bond acceptors (Lipinski definition) is 0. The zero-order chi connectivity index (χ0) is 8.43. The van der Waals surface area contributed by atoms with E-state index in [9.17, 15) is 0 Å². The lowest BCUT2D eigenvalue weighted by Gasteiger charge is -2.34. The third kappa shape index (κ3) is 2.25. The van der Waals surface area contributed by atoms with Gasteiger partial charge in [0.1, 0.15) is 7.85 Å². The highest BCUT2D eigenvalue weighted by Crippen LogP contribution is 2.38. The zero-order valence-corrected chi connectivity index (χ0v) is 8.43. The Balaban J connectivity index is 2.40. The maximum absolute atomic E-state index is 2.42. The topological polar surface area (TPSA) is 0 Å². The second kappa shape index (κ2) is 3.64. The first kappa shape index (κ1) is 9.16. The van der Waals surface area contributed by atoms with Crippen molar-refractivity contribution >= 4 is 7.85 Å². The molecule has 1 aliphatic carbocycles. The van der Waals surface area contributed by atoms with Gasteiger partial charge in [-0.15, -0.1) is 0 Å². The van der Waals surface area contributed by atoms with Crippen LogP contribution in [0, 0.1) is 17.8 Å². The van der Waals surface area contributed by atoms with Crippen molar-refractivity contribution in [3.63, 3.8) is 0 Å². The summed E-state index contributed by atoms with van der Waals surface area (Å²) in [4.78, 5) is 0. The summed E-state index contributed by atoms with van der Waals surface area (Å²) in [6.45, 7) is 7.14. The molecule has 0 aliphatic heterocycles. The molecule has 1 heteroatoms. The van der Waals surface area contributed by atoms with Crippen LogP contribution >= 0.6 is 0 Å². The van der Waals surface area contributed by atoms with Crippen molar-refractivity contribution in [3.05, 3.63) is 0 Å². The van der Waals surface area contributed by atoms with Gasteiger partial charge in [0.15, 0.2) is 0 Å². The van der Waals surface area contributed by atoms with Crippen LogP contribution in [0.5, 0.6) is 0 Å². The highest BCUT2D eigenvalue weighted by Gasteiger charge is 2.25. The van der Waals surface area contributed by atoms with Crippen LogP contribution in [0.25, 0.3) is 0 Å². The highest BCUT2D eigenvalue weighted by atomic mass is 14.3. The van der Waals surface area contributed by atoms with Gasteiger partial charge >= 0.3 is 0 Å². The van der Waals surface area contributed by atoms with Crippen LogP contribution in [0.15, 0.2) is 0 Å². The molecule has 1 saturated carbocycles. The minimum absolute atomic E-state index is 0.907. The van der Waals surface area contributed by atoms with E-state index in [0.717, 1.165) is 23.6 Å². The van der Waals surface area contributed by atoms with Crippen molar-refractivity contribution in [1.82, 2.24) is 0 Å². The van der Waals surface area contributed by atoms with Crippen LogP contribution in [0.3, 0.4) is 0 Å². The minimum Gasteiger partial charge on any atom is -0.0669 e. The third-order valence-electron chi connectivity index (χ3n) is 3.58. The van der Waals surface area contributed by atoms with E-state index in [1.807, 2.05) is 0 Å². The van der Waals surface area contributed by atoms with Crippen molar-refractivity contribution in [2.24, 2.45) is 17.8 Å². The summed E-state index contributed by atoms with van der Waals surface area (Å²) in [5.74, 6) is 3.87. The fraction of sp³-hybridized carbons (Fsp3) is 1.00. The second-order valence-electron chi connectivity index (χ2n) is 4.77. The largest absolute Gasteiger partial charge is 0.105 e. The van der Waals surface area contributed by atoms with E-state index < -0.39 is 0 Å². The van der Waals surface area contributed by atoms with Gasteiger partial charge in [-0.2, -0.15) is 0 Å². The first-order valence-electron chi connectivity index (χ1n) is 5.11. The Hall–Kier alpha value is 0.0649. The Labute approximate surface area is 72.2 Å². The first-order valence-corrected chi connectivity index (χ1v) is 5.11. The Morgan fingerprint density at radius 1 is 1.27 bits per heavy atom. The average Bonchev–Trinajstić information content (AvgIpc) is 1.94. The summed E-state index contributed by atoms with van der Waals surface area (Å²) in [6, 6.07) is 0. The molecule has 0 spiro atoms. The van der Waals surface area contributed by atoms with Crippen LogP contribution in [0.1, 0.15) is 40.0 Å². The Morgan fingerprint density at radius 2 is 1.91 bits per heavy atom. The lowest BCUT2D eigenvalue weighted by molar-refractivity contribution is 0.235. The van der Waals surface area contributed by atoms with Gasteiger partial charge in [-0.25, -0.2) is 0 Å². The molecule has 0 N–H and O–H groups in total. The molecule has 1 fully saturated rings. The van der Waals surface area contributed by atoms with Crippen molar-refractivity contribution in [2.45, 2.75) is 45.9 Å². The lowest BCUT2D eigenvalue weighted by atomic mass is 9.63.